The second kappa shape index (κ2) is 6.04. The van der Waals surface area contributed by atoms with Crippen molar-refractivity contribution < 1.29 is 4.21 Å². The van der Waals surface area contributed by atoms with E-state index in [1.807, 2.05) is 0 Å². The van der Waals surface area contributed by atoms with Crippen molar-refractivity contribution in [3.8, 4) is 0 Å². The molecule has 2 aliphatic carbocycles. The Morgan fingerprint density at radius 2 is 1.83 bits per heavy atom. The highest BCUT2D eigenvalue weighted by Gasteiger charge is 2.43. The van der Waals surface area contributed by atoms with Crippen molar-refractivity contribution in [2.45, 2.75) is 82.3 Å². The van der Waals surface area contributed by atoms with E-state index in [-0.39, 0.29) is 0 Å². The van der Waals surface area contributed by atoms with Gasteiger partial charge in [-0.15, -0.1) is 0 Å². The first-order valence-corrected chi connectivity index (χ1v) is 8.96. The number of rotatable bonds is 4. The van der Waals surface area contributed by atoms with Crippen LogP contribution < -0.4 is 5.32 Å². The Kier molecular flexibility index (Phi) is 4.87. The van der Waals surface area contributed by atoms with Crippen LogP contribution in [0.4, 0.5) is 0 Å². The fourth-order valence-corrected chi connectivity index (χ4v) is 6.25. The van der Waals surface area contributed by atoms with Crippen molar-refractivity contribution in [3.63, 3.8) is 0 Å². The van der Waals surface area contributed by atoms with Gasteiger partial charge in [-0.3, -0.25) is 4.21 Å². The molecule has 2 saturated carbocycles. The van der Waals surface area contributed by atoms with Crippen LogP contribution in [0.25, 0.3) is 0 Å². The Morgan fingerprint density at radius 3 is 2.44 bits per heavy atom. The van der Waals surface area contributed by atoms with E-state index in [9.17, 15) is 4.21 Å². The summed E-state index contributed by atoms with van der Waals surface area (Å²) in [6.07, 6.45) is 8.65. The van der Waals surface area contributed by atoms with Crippen molar-refractivity contribution in [1.29, 1.82) is 0 Å². The lowest BCUT2D eigenvalue weighted by Crippen LogP contribution is -2.55. The Bertz CT molecular complexity index is 297. The van der Waals surface area contributed by atoms with E-state index in [2.05, 4.69) is 26.1 Å². The predicted octanol–water partition coefficient (Wildman–Crippen LogP) is 3.23. The van der Waals surface area contributed by atoms with Gasteiger partial charge in [0.1, 0.15) is 0 Å². The standard InChI is InChI=1S/C15H29NOS/c1-4-16-14-13(10-7-11-15(14,2)3)18(17)12-8-5-6-9-12/h12-14,16H,4-11H2,1-3H3. The smallest absolute Gasteiger partial charge is 0.0509 e. The van der Waals surface area contributed by atoms with Crippen LogP contribution in [0.15, 0.2) is 0 Å². The molecule has 1 N–H and O–H groups in total. The summed E-state index contributed by atoms with van der Waals surface area (Å²) >= 11 is 0. The lowest BCUT2D eigenvalue weighted by atomic mass is 9.73. The van der Waals surface area contributed by atoms with Gasteiger partial charge in [0.25, 0.3) is 0 Å². The topological polar surface area (TPSA) is 29.1 Å². The maximum atomic E-state index is 12.8. The quantitative estimate of drug-likeness (QED) is 0.850. The lowest BCUT2D eigenvalue weighted by Gasteiger charge is -2.44. The normalized spacial score (nSPS) is 34.6. The van der Waals surface area contributed by atoms with Gasteiger partial charge in [0.15, 0.2) is 0 Å². The summed E-state index contributed by atoms with van der Waals surface area (Å²) in [4.78, 5) is 0. The molecule has 0 amide bonds. The third-order valence-corrected chi connectivity index (χ3v) is 7.11. The van der Waals surface area contributed by atoms with Gasteiger partial charge in [0, 0.05) is 22.1 Å². The van der Waals surface area contributed by atoms with Gasteiger partial charge in [-0.1, -0.05) is 40.0 Å². The molecule has 2 aliphatic rings. The van der Waals surface area contributed by atoms with E-state index in [1.165, 1.54) is 38.5 Å². The molecule has 0 saturated heterocycles. The summed E-state index contributed by atoms with van der Waals surface area (Å²) in [5.74, 6) is 0. The molecule has 0 aliphatic heterocycles. The molecule has 0 aromatic heterocycles. The van der Waals surface area contributed by atoms with Crippen molar-refractivity contribution in [2.75, 3.05) is 6.54 Å². The second-order valence-electron chi connectivity index (χ2n) is 6.69. The highest BCUT2D eigenvalue weighted by atomic mass is 32.2. The average molecular weight is 271 g/mol. The molecule has 0 radical (unpaired) electrons. The third kappa shape index (κ3) is 2.98. The molecule has 18 heavy (non-hydrogen) atoms. The van der Waals surface area contributed by atoms with Gasteiger partial charge < -0.3 is 5.32 Å². The van der Waals surface area contributed by atoms with Crippen LogP contribution in [0, 0.1) is 5.41 Å². The van der Waals surface area contributed by atoms with Crippen LogP contribution in [-0.4, -0.2) is 27.3 Å². The zero-order valence-electron chi connectivity index (χ0n) is 12.2. The van der Waals surface area contributed by atoms with Crippen LogP contribution in [0.2, 0.25) is 0 Å². The summed E-state index contributed by atoms with van der Waals surface area (Å²) in [5, 5.41) is 4.51. The fraction of sp³-hybridized carbons (Fsp3) is 1.00. The molecule has 3 atom stereocenters. The van der Waals surface area contributed by atoms with Gasteiger partial charge in [0.05, 0.1) is 5.25 Å². The zero-order valence-corrected chi connectivity index (χ0v) is 13.0. The van der Waals surface area contributed by atoms with E-state index in [4.69, 9.17) is 0 Å². The van der Waals surface area contributed by atoms with Gasteiger partial charge in [-0.05, 0) is 37.6 Å². The van der Waals surface area contributed by atoms with Gasteiger partial charge in [0.2, 0.25) is 0 Å². The van der Waals surface area contributed by atoms with Crippen molar-refractivity contribution in [1.82, 2.24) is 5.32 Å². The highest BCUT2D eigenvalue weighted by Crippen LogP contribution is 2.40. The maximum absolute atomic E-state index is 12.8. The monoisotopic (exact) mass is 271 g/mol. The second-order valence-corrected chi connectivity index (χ2v) is 8.62. The van der Waals surface area contributed by atoms with Crippen LogP contribution in [0.1, 0.15) is 65.7 Å². The van der Waals surface area contributed by atoms with E-state index in [0.29, 0.717) is 22.0 Å². The van der Waals surface area contributed by atoms with Crippen molar-refractivity contribution in [3.05, 3.63) is 0 Å². The zero-order chi connectivity index (χ0) is 13.2. The molecule has 106 valence electrons. The Balaban J connectivity index is 2.10. The molecule has 0 spiro atoms. The Hall–Kier alpha value is 0.110. The van der Waals surface area contributed by atoms with E-state index < -0.39 is 10.8 Å². The highest BCUT2D eigenvalue weighted by molar-refractivity contribution is 7.86. The van der Waals surface area contributed by atoms with Crippen LogP contribution in [-0.2, 0) is 10.8 Å². The summed E-state index contributed by atoms with van der Waals surface area (Å²) in [5.41, 5.74) is 0.299. The fourth-order valence-electron chi connectivity index (χ4n) is 3.83. The summed E-state index contributed by atoms with van der Waals surface area (Å²) in [7, 11) is -0.622. The molecule has 2 fully saturated rings. The van der Waals surface area contributed by atoms with E-state index in [0.717, 1.165) is 13.0 Å². The minimum absolute atomic E-state index is 0.299. The van der Waals surface area contributed by atoms with Gasteiger partial charge in [-0.25, -0.2) is 0 Å². The van der Waals surface area contributed by atoms with Crippen molar-refractivity contribution >= 4 is 10.8 Å². The molecule has 0 aromatic rings. The lowest BCUT2D eigenvalue weighted by molar-refractivity contribution is 0.174. The summed E-state index contributed by atoms with van der Waals surface area (Å²) in [6, 6.07) is 0.442. The molecular formula is C15H29NOS. The van der Waals surface area contributed by atoms with E-state index >= 15 is 0 Å². The van der Waals surface area contributed by atoms with Gasteiger partial charge >= 0.3 is 0 Å². The largest absolute Gasteiger partial charge is 0.313 e. The molecule has 0 heterocycles. The molecule has 3 heteroatoms. The molecule has 0 aromatic carbocycles. The molecule has 2 rings (SSSR count). The molecule has 0 bridgehead atoms. The van der Waals surface area contributed by atoms with E-state index in [1.54, 1.807) is 0 Å². The SMILES string of the molecule is CCNC1C(S(=O)C2CCCC2)CCCC1(C)C. The van der Waals surface area contributed by atoms with Crippen LogP contribution >= 0.6 is 0 Å². The number of hydrogen-bond acceptors (Lipinski definition) is 2. The number of nitrogens with one attached hydrogen (secondary N) is 1. The Morgan fingerprint density at radius 1 is 1.17 bits per heavy atom. The first kappa shape index (κ1) is 14.5. The predicted molar refractivity (Wildman–Crippen MR) is 79.3 cm³/mol. The number of hydrogen-bond donors (Lipinski definition) is 1. The summed E-state index contributed by atoms with van der Waals surface area (Å²) in [6.45, 7) is 7.85. The first-order valence-electron chi connectivity index (χ1n) is 7.69. The maximum Gasteiger partial charge on any atom is 0.0509 e. The van der Waals surface area contributed by atoms with Gasteiger partial charge in [-0.2, -0.15) is 0 Å². The van der Waals surface area contributed by atoms with Crippen LogP contribution in [0.5, 0.6) is 0 Å². The summed E-state index contributed by atoms with van der Waals surface area (Å²) < 4.78 is 12.8. The minimum atomic E-state index is -0.622. The first-order chi connectivity index (χ1) is 8.56. The van der Waals surface area contributed by atoms with Crippen molar-refractivity contribution in [2.24, 2.45) is 5.41 Å². The molecular weight excluding hydrogens is 242 g/mol. The Labute approximate surface area is 115 Å². The third-order valence-electron chi connectivity index (χ3n) is 4.88. The minimum Gasteiger partial charge on any atom is -0.313 e. The average Bonchev–Trinajstić information content (AvgIpc) is 2.84. The molecule has 2 nitrogen and oxygen atoms in total. The van der Waals surface area contributed by atoms with Crippen LogP contribution in [0.3, 0.4) is 0 Å². The molecule has 3 unspecified atom stereocenters.